The molecule has 16 heavy (non-hydrogen) atoms. The molecule has 0 aliphatic carbocycles. The number of aromatic nitrogens is 2. The lowest BCUT2D eigenvalue weighted by atomic mass is 10.3. The molecular formula is C12H13ClN2S. The molecule has 2 rings (SSSR count). The summed E-state index contributed by atoms with van der Waals surface area (Å²) in [6, 6.07) is 7.95. The Kier molecular flexibility index (Phi) is 4.02. The standard InChI is InChI=1S/C12H13ClN2S/c1-9-12(16-8-4-7-13)15-11-6-3-2-5-10(11)14-9/h2-3,5-6H,4,7-8H2,1H3. The van der Waals surface area contributed by atoms with Gasteiger partial charge in [0.15, 0.2) is 0 Å². The van der Waals surface area contributed by atoms with Gasteiger partial charge >= 0.3 is 0 Å². The smallest absolute Gasteiger partial charge is 0.118 e. The summed E-state index contributed by atoms with van der Waals surface area (Å²) in [4.78, 5) is 9.14. The zero-order chi connectivity index (χ0) is 11.4. The highest BCUT2D eigenvalue weighted by Crippen LogP contribution is 2.22. The Bertz CT molecular complexity index is 487. The van der Waals surface area contributed by atoms with Crippen LogP contribution in [0.1, 0.15) is 12.1 Å². The molecule has 0 atom stereocenters. The van der Waals surface area contributed by atoms with Crippen LogP contribution < -0.4 is 0 Å². The van der Waals surface area contributed by atoms with Crippen molar-refractivity contribution in [2.45, 2.75) is 18.4 Å². The Morgan fingerprint density at radius 1 is 1.19 bits per heavy atom. The molecule has 1 aromatic carbocycles. The van der Waals surface area contributed by atoms with Crippen LogP contribution in [0.15, 0.2) is 29.3 Å². The highest BCUT2D eigenvalue weighted by atomic mass is 35.5. The van der Waals surface area contributed by atoms with Crippen molar-refractivity contribution in [3.05, 3.63) is 30.0 Å². The molecule has 4 heteroatoms. The van der Waals surface area contributed by atoms with Crippen LogP contribution in [0.4, 0.5) is 0 Å². The Balaban J connectivity index is 2.27. The van der Waals surface area contributed by atoms with E-state index in [9.17, 15) is 0 Å². The van der Waals surface area contributed by atoms with Gasteiger partial charge in [-0.25, -0.2) is 9.97 Å². The third-order valence-corrected chi connectivity index (χ3v) is 3.64. The first-order chi connectivity index (χ1) is 7.81. The van der Waals surface area contributed by atoms with E-state index in [4.69, 9.17) is 11.6 Å². The van der Waals surface area contributed by atoms with Gasteiger partial charge in [0.25, 0.3) is 0 Å². The van der Waals surface area contributed by atoms with E-state index < -0.39 is 0 Å². The van der Waals surface area contributed by atoms with Crippen molar-refractivity contribution in [1.29, 1.82) is 0 Å². The van der Waals surface area contributed by atoms with Gasteiger partial charge in [0.05, 0.1) is 16.7 Å². The van der Waals surface area contributed by atoms with E-state index in [1.165, 1.54) is 0 Å². The Hall–Kier alpha value is -0.800. The van der Waals surface area contributed by atoms with Gasteiger partial charge in [-0.1, -0.05) is 12.1 Å². The van der Waals surface area contributed by atoms with E-state index in [2.05, 4.69) is 9.97 Å². The van der Waals surface area contributed by atoms with Crippen LogP contribution in [0.5, 0.6) is 0 Å². The number of benzene rings is 1. The van der Waals surface area contributed by atoms with Crippen molar-refractivity contribution in [1.82, 2.24) is 9.97 Å². The summed E-state index contributed by atoms with van der Waals surface area (Å²) in [5.74, 6) is 1.70. The lowest BCUT2D eigenvalue weighted by Crippen LogP contribution is -1.93. The first-order valence-electron chi connectivity index (χ1n) is 5.23. The summed E-state index contributed by atoms with van der Waals surface area (Å²) in [7, 11) is 0. The quantitative estimate of drug-likeness (QED) is 0.472. The summed E-state index contributed by atoms with van der Waals surface area (Å²) in [6.07, 6.45) is 1.00. The molecule has 84 valence electrons. The SMILES string of the molecule is Cc1nc2ccccc2nc1SCCCCl. The number of hydrogen-bond donors (Lipinski definition) is 0. The van der Waals surface area contributed by atoms with Crippen molar-refractivity contribution in [3.8, 4) is 0 Å². The average molecular weight is 253 g/mol. The van der Waals surface area contributed by atoms with E-state index >= 15 is 0 Å². The molecule has 0 aliphatic heterocycles. The van der Waals surface area contributed by atoms with Gasteiger partial charge in [-0.05, 0) is 25.5 Å². The Labute approximate surface area is 104 Å². The molecule has 1 aromatic heterocycles. The normalized spacial score (nSPS) is 10.9. The molecule has 0 N–H and O–H groups in total. The van der Waals surface area contributed by atoms with Gasteiger partial charge in [0.1, 0.15) is 5.03 Å². The first-order valence-corrected chi connectivity index (χ1v) is 6.75. The molecule has 0 unspecified atom stereocenters. The van der Waals surface area contributed by atoms with Crippen LogP contribution in [0, 0.1) is 6.92 Å². The number of aryl methyl sites for hydroxylation is 1. The van der Waals surface area contributed by atoms with Crippen molar-refractivity contribution in [2.24, 2.45) is 0 Å². The van der Waals surface area contributed by atoms with Gasteiger partial charge in [-0.2, -0.15) is 0 Å². The fourth-order valence-electron chi connectivity index (χ4n) is 1.43. The topological polar surface area (TPSA) is 25.8 Å². The molecule has 0 aliphatic rings. The fourth-order valence-corrected chi connectivity index (χ4v) is 2.62. The lowest BCUT2D eigenvalue weighted by Gasteiger charge is -2.05. The molecule has 2 nitrogen and oxygen atoms in total. The van der Waals surface area contributed by atoms with Crippen LogP contribution in [-0.4, -0.2) is 21.6 Å². The molecule has 2 aromatic rings. The molecule has 0 saturated heterocycles. The van der Waals surface area contributed by atoms with Gasteiger partial charge < -0.3 is 0 Å². The fraction of sp³-hybridized carbons (Fsp3) is 0.333. The number of hydrogen-bond acceptors (Lipinski definition) is 3. The number of rotatable bonds is 4. The van der Waals surface area contributed by atoms with Gasteiger partial charge in [-0.3, -0.25) is 0 Å². The first kappa shape index (κ1) is 11.7. The molecule has 0 bridgehead atoms. The van der Waals surface area contributed by atoms with Crippen molar-refractivity contribution in [2.75, 3.05) is 11.6 Å². The summed E-state index contributed by atoms with van der Waals surface area (Å²) >= 11 is 7.38. The van der Waals surface area contributed by atoms with E-state index in [1.54, 1.807) is 11.8 Å². The minimum absolute atomic E-state index is 0.701. The van der Waals surface area contributed by atoms with Gasteiger partial charge in [0, 0.05) is 11.6 Å². The minimum Gasteiger partial charge on any atom is -0.249 e. The predicted molar refractivity (Wildman–Crippen MR) is 70.3 cm³/mol. The highest BCUT2D eigenvalue weighted by Gasteiger charge is 2.04. The lowest BCUT2D eigenvalue weighted by molar-refractivity contribution is 1.03. The number of thioether (sulfide) groups is 1. The number of alkyl halides is 1. The highest BCUT2D eigenvalue weighted by molar-refractivity contribution is 7.99. The van der Waals surface area contributed by atoms with Crippen molar-refractivity contribution >= 4 is 34.4 Å². The summed E-state index contributed by atoms with van der Waals surface area (Å²) < 4.78 is 0. The molecule has 0 fully saturated rings. The maximum atomic E-state index is 5.65. The van der Waals surface area contributed by atoms with Gasteiger partial charge in [-0.15, -0.1) is 23.4 Å². The molecule has 0 saturated carbocycles. The number of para-hydroxylation sites is 2. The van der Waals surface area contributed by atoms with E-state index in [0.29, 0.717) is 5.88 Å². The zero-order valence-electron chi connectivity index (χ0n) is 9.11. The third-order valence-electron chi connectivity index (χ3n) is 2.22. The van der Waals surface area contributed by atoms with Crippen LogP contribution in [0.3, 0.4) is 0 Å². The second-order valence-electron chi connectivity index (χ2n) is 3.49. The summed E-state index contributed by atoms with van der Waals surface area (Å²) in [6.45, 7) is 2.00. The zero-order valence-corrected chi connectivity index (χ0v) is 10.7. The van der Waals surface area contributed by atoms with E-state index in [0.717, 1.165) is 33.9 Å². The van der Waals surface area contributed by atoms with Crippen molar-refractivity contribution < 1.29 is 0 Å². The van der Waals surface area contributed by atoms with Gasteiger partial charge in [0.2, 0.25) is 0 Å². The second kappa shape index (κ2) is 5.51. The molecule has 0 amide bonds. The van der Waals surface area contributed by atoms with Crippen LogP contribution >= 0.6 is 23.4 Å². The van der Waals surface area contributed by atoms with Crippen LogP contribution in [0.25, 0.3) is 11.0 Å². The van der Waals surface area contributed by atoms with Crippen molar-refractivity contribution in [3.63, 3.8) is 0 Å². The maximum Gasteiger partial charge on any atom is 0.118 e. The predicted octanol–water partition coefficient (Wildman–Crippen LogP) is 3.66. The average Bonchev–Trinajstić information content (AvgIpc) is 2.30. The molecule has 0 spiro atoms. The van der Waals surface area contributed by atoms with E-state index in [-0.39, 0.29) is 0 Å². The molecular weight excluding hydrogens is 240 g/mol. The second-order valence-corrected chi connectivity index (χ2v) is 4.96. The summed E-state index contributed by atoms with van der Waals surface area (Å²) in [5, 5.41) is 1.02. The molecule has 0 radical (unpaired) electrons. The van der Waals surface area contributed by atoms with Crippen LogP contribution in [-0.2, 0) is 0 Å². The largest absolute Gasteiger partial charge is 0.249 e. The maximum absolute atomic E-state index is 5.65. The monoisotopic (exact) mass is 252 g/mol. The third kappa shape index (κ3) is 2.66. The molecule has 1 heterocycles. The minimum atomic E-state index is 0.701. The number of nitrogens with zero attached hydrogens (tertiary/aromatic N) is 2. The van der Waals surface area contributed by atoms with E-state index in [1.807, 2.05) is 31.2 Å². The Morgan fingerprint density at radius 2 is 1.88 bits per heavy atom. The summed E-state index contributed by atoms with van der Waals surface area (Å²) in [5.41, 5.74) is 2.92. The van der Waals surface area contributed by atoms with Crippen LogP contribution in [0.2, 0.25) is 0 Å². The Morgan fingerprint density at radius 3 is 2.56 bits per heavy atom. The number of fused-ring (bicyclic) bond motifs is 1. The number of halogens is 1.